The van der Waals surface area contributed by atoms with Gasteiger partial charge in [0.05, 0.1) is 4.92 Å². The third-order valence-electron chi connectivity index (χ3n) is 2.75. The summed E-state index contributed by atoms with van der Waals surface area (Å²) >= 11 is 3.39. The predicted molar refractivity (Wildman–Crippen MR) is 81.4 cm³/mol. The smallest absolute Gasteiger partial charge is 0.349 e. The maximum absolute atomic E-state index is 11.0. The SMILES string of the molecule is CC(C)c1cc(Br)ccc1Oc1nc(N)ncc1[N+](=O)[O-]. The minimum atomic E-state index is -0.608. The summed E-state index contributed by atoms with van der Waals surface area (Å²) in [6.07, 6.45) is 1.03. The van der Waals surface area contributed by atoms with E-state index < -0.39 is 4.92 Å². The van der Waals surface area contributed by atoms with Crippen molar-refractivity contribution >= 4 is 27.6 Å². The van der Waals surface area contributed by atoms with Crippen molar-refractivity contribution < 1.29 is 9.66 Å². The van der Waals surface area contributed by atoms with Crippen LogP contribution in [0.3, 0.4) is 0 Å². The molecule has 0 fully saturated rings. The Morgan fingerprint density at radius 1 is 1.43 bits per heavy atom. The molecule has 2 N–H and O–H groups in total. The number of nitrogens with two attached hydrogens (primary N) is 1. The first-order valence-electron chi connectivity index (χ1n) is 6.12. The maximum Gasteiger partial charge on any atom is 0.349 e. The van der Waals surface area contributed by atoms with Crippen LogP contribution in [0, 0.1) is 10.1 Å². The first-order chi connectivity index (χ1) is 9.88. The van der Waals surface area contributed by atoms with Crippen LogP contribution in [0.5, 0.6) is 11.6 Å². The molecule has 1 aromatic heterocycles. The molecular weight excluding hydrogens is 340 g/mol. The Bertz CT molecular complexity index is 691. The number of halogens is 1. The highest BCUT2D eigenvalue weighted by molar-refractivity contribution is 9.10. The normalized spacial score (nSPS) is 10.7. The number of aromatic nitrogens is 2. The summed E-state index contributed by atoms with van der Waals surface area (Å²) in [6, 6.07) is 5.41. The lowest BCUT2D eigenvalue weighted by atomic mass is 10.0. The van der Waals surface area contributed by atoms with Gasteiger partial charge in [0.15, 0.2) is 0 Å². The molecule has 0 spiro atoms. The zero-order chi connectivity index (χ0) is 15.6. The average molecular weight is 353 g/mol. The van der Waals surface area contributed by atoms with Gasteiger partial charge in [0.25, 0.3) is 0 Å². The molecule has 8 heteroatoms. The molecule has 0 saturated heterocycles. The van der Waals surface area contributed by atoms with Crippen LogP contribution in [-0.2, 0) is 0 Å². The largest absolute Gasteiger partial charge is 0.433 e. The Balaban J connectivity index is 2.47. The predicted octanol–water partition coefficient (Wildman–Crippen LogP) is 3.65. The van der Waals surface area contributed by atoms with Crippen molar-refractivity contribution in [3.8, 4) is 11.6 Å². The van der Waals surface area contributed by atoms with Crippen LogP contribution in [0.2, 0.25) is 0 Å². The Hall–Kier alpha value is -2.22. The summed E-state index contributed by atoms with van der Waals surface area (Å²) in [7, 11) is 0. The molecule has 0 aliphatic heterocycles. The van der Waals surface area contributed by atoms with Crippen molar-refractivity contribution in [1.29, 1.82) is 0 Å². The number of ether oxygens (including phenoxy) is 1. The molecule has 110 valence electrons. The van der Waals surface area contributed by atoms with Gasteiger partial charge in [-0.3, -0.25) is 10.1 Å². The number of rotatable bonds is 4. The Morgan fingerprint density at radius 3 is 2.76 bits per heavy atom. The van der Waals surface area contributed by atoms with E-state index in [2.05, 4.69) is 25.9 Å². The van der Waals surface area contributed by atoms with E-state index in [1.54, 1.807) is 12.1 Å². The molecular formula is C13H13BrN4O3. The highest BCUT2D eigenvalue weighted by atomic mass is 79.9. The molecule has 1 heterocycles. The second kappa shape index (κ2) is 6.04. The fourth-order valence-corrected chi connectivity index (χ4v) is 2.12. The number of hydrogen-bond donors (Lipinski definition) is 1. The summed E-state index contributed by atoms with van der Waals surface area (Å²) in [6.45, 7) is 3.99. The first-order valence-corrected chi connectivity index (χ1v) is 6.92. The highest BCUT2D eigenvalue weighted by Crippen LogP contribution is 2.35. The van der Waals surface area contributed by atoms with E-state index in [1.807, 2.05) is 19.9 Å². The fourth-order valence-electron chi connectivity index (χ4n) is 1.74. The van der Waals surface area contributed by atoms with E-state index in [1.165, 1.54) is 0 Å². The summed E-state index contributed by atoms with van der Waals surface area (Å²) in [4.78, 5) is 17.8. The third kappa shape index (κ3) is 3.46. The molecule has 2 rings (SSSR count). The van der Waals surface area contributed by atoms with Crippen molar-refractivity contribution in [2.75, 3.05) is 5.73 Å². The molecule has 0 aliphatic carbocycles. The minimum Gasteiger partial charge on any atom is -0.433 e. The minimum absolute atomic E-state index is 0.0844. The van der Waals surface area contributed by atoms with Crippen LogP contribution >= 0.6 is 15.9 Å². The van der Waals surface area contributed by atoms with Crippen molar-refractivity contribution in [3.63, 3.8) is 0 Å². The summed E-state index contributed by atoms with van der Waals surface area (Å²) in [5.41, 5.74) is 6.04. The van der Waals surface area contributed by atoms with E-state index in [0.717, 1.165) is 16.2 Å². The van der Waals surface area contributed by atoms with Gasteiger partial charge in [0, 0.05) is 4.47 Å². The molecule has 0 saturated carbocycles. The molecule has 0 radical (unpaired) electrons. The van der Waals surface area contributed by atoms with Crippen molar-refractivity contribution in [2.45, 2.75) is 19.8 Å². The first kappa shape index (κ1) is 15.2. The number of benzene rings is 1. The van der Waals surface area contributed by atoms with Gasteiger partial charge in [-0.25, -0.2) is 4.98 Å². The standard InChI is InChI=1S/C13H13BrN4O3/c1-7(2)9-5-8(14)3-4-11(9)21-12-10(18(19)20)6-16-13(15)17-12/h3-7H,1-2H3,(H2,15,16,17). The highest BCUT2D eigenvalue weighted by Gasteiger charge is 2.20. The molecule has 21 heavy (non-hydrogen) atoms. The summed E-state index contributed by atoms with van der Waals surface area (Å²) < 4.78 is 6.50. The van der Waals surface area contributed by atoms with Crippen molar-refractivity contribution in [2.24, 2.45) is 0 Å². The number of anilines is 1. The number of nitro groups is 1. The number of nitrogen functional groups attached to an aromatic ring is 1. The molecule has 1 aromatic carbocycles. The molecule has 0 bridgehead atoms. The van der Waals surface area contributed by atoms with Gasteiger partial charge in [-0.2, -0.15) is 4.98 Å². The van der Waals surface area contributed by atoms with Gasteiger partial charge in [-0.1, -0.05) is 29.8 Å². The van der Waals surface area contributed by atoms with Crippen LogP contribution in [0.4, 0.5) is 11.6 Å². The Labute approximate surface area is 129 Å². The van der Waals surface area contributed by atoms with Crippen LogP contribution in [-0.4, -0.2) is 14.9 Å². The zero-order valence-electron chi connectivity index (χ0n) is 11.4. The average Bonchev–Trinajstić information content (AvgIpc) is 2.40. The molecule has 0 amide bonds. The van der Waals surface area contributed by atoms with Crippen LogP contribution < -0.4 is 10.5 Å². The lowest BCUT2D eigenvalue weighted by molar-refractivity contribution is -0.386. The molecule has 2 aromatic rings. The van der Waals surface area contributed by atoms with Crippen LogP contribution in [0.1, 0.15) is 25.3 Å². The second-order valence-corrected chi connectivity index (χ2v) is 5.53. The van der Waals surface area contributed by atoms with Crippen LogP contribution in [0.15, 0.2) is 28.9 Å². The zero-order valence-corrected chi connectivity index (χ0v) is 13.0. The Morgan fingerprint density at radius 2 is 2.14 bits per heavy atom. The van der Waals surface area contributed by atoms with E-state index in [-0.39, 0.29) is 23.4 Å². The van der Waals surface area contributed by atoms with Gasteiger partial charge in [-0.05, 0) is 29.7 Å². The quantitative estimate of drug-likeness (QED) is 0.665. The van der Waals surface area contributed by atoms with E-state index >= 15 is 0 Å². The number of hydrogen-bond acceptors (Lipinski definition) is 6. The van der Waals surface area contributed by atoms with Crippen molar-refractivity contribution in [1.82, 2.24) is 9.97 Å². The molecule has 7 nitrogen and oxygen atoms in total. The lowest BCUT2D eigenvalue weighted by Crippen LogP contribution is -2.03. The second-order valence-electron chi connectivity index (χ2n) is 4.61. The van der Waals surface area contributed by atoms with E-state index in [4.69, 9.17) is 10.5 Å². The van der Waals surface area contributed by atoms with Gasteiger partial charge >= 0.3 is 11.6 Å². The maximum atomic E-state index is 11.0. The molecule has 0 unspecified atom stereocenters. The van der Waals surface area contributed by atoms with E-state index in [9.17, 15) is 10.1 Å². The van der Waals surface area contributed by atoms with E-state index in [0.29, 0.717) is 5.75 Å². The van der Waals surface area contributed by atoms with Gasteiger partial charge in [0.2, 0.25) is 5.95 Å². The topological polar surface area (TPSA) is 104 Å². The van der Waals surface area contributed by atoms with Crippen molar-refractivity contribution in [3.05, 3.63) is 44.5 Å². The van der Waals surface area contributed by atoms with Gasteiger partial charge < -0.3 is 10.5 Å². The van der Waals surface area contributed by atoms with Gasteiger partial charge in [0.1, 0.15) is 11.9 Å². The fraction of sp³-hybridized carbons (Fsp3) is 0.231. The van der Waals surface area contributed by atoms with Gasteiger partial charge in [-0.15, -0.1) is 0 Å². The van der Waals surface area contributed by atoms with Crippen LogP contribution in [0.25, 0.3) is 0 Å². The molecule has 0 atom stereocenters. The Kier molecular flexibility index (Phi) is 4.37. The summed E-state index contributed by atoms with van der Waals surface area (Å²) in [5.74, 6) is 0.417. The third-order valence-corrected chi connectivity index (χ3v) is 3.24. The lowest BCUT2D eigenvalue weighted by Gasteiger charge is -2.13. The molecule has 0 aliphatic rings. The summed E-state index contributed by atoms with van der Waals surface area (Å²) in [5, 5.41) is 11.0. The monoisotopic (exact) mass is 352 g/mol. The number of nitrogens with zero attached hydrogens (tertiary/aromatic N) is 3.